The number of carbonyl (C=O) groups is 1. The van der Waals surface area contributed by atoms with Crippen LogP contribution in [-0.4, -0.2) is 15.4 Å². The van der Waals surface area contributed by atoms with Crippen molar-refractivity contribution in [1.82, 2.24) is 9.38 Å². The van der Waals surface area contributed by atoms with E-state index >= 15 is 0 Å². The number of rotatable bonds is 6. The van der Waals surface area contributed by atoms with E-state index in [4.69, 9.17) is 9.47 Å². The smallest absolute Gasteiger partial charge is 0.352 e. The molecule has 0 aliphatic carbocycles. The zero-order chi connectivity index (χ0) is 20.9. The third-order valence-corrected chi connectivity index (χ3v) is 4.54. The van der Waals surface area contributed by atoms with Gasteiger partial charge in [-0.25, -0.2) is 9.78 Å². The molecule has 1 atom stereocenters. The number of aromatic nitrogens is 2. The van der Waals surface area contributed by atoms with Crippen LogP contribution < -0.4 is 10.3 Å². The molecular weight excluding hydrogens is 380 g/mol. The van der Waals surface area contributed by atoms with Gasteiger partial charge in [0.05, 0.1) is 5.69 Å². The van der Waals surface area contributed by atoms with Crippen LogP contribution in [0.4, 0.5) is 0 Å². The van der Waals surface area contributed by atoms with Crippen molar-refractivity contribution in [3.8, 4) is 5.75 Å². The molecule has 6 heteroatoms. The van der Waals surface area contributed by atoms with E-state index in [1.54, 1.807) is 36.5 Å². The Morgan fingerprint density at radius 1 is 1.00 bits per heavy atom. The Balaban J connectivity index is 1.55. The van der Waals surface area contributed by atoms with Gasteiger partial charge < -0.3 is 9.47 Å². The molecule has 1 unspecified atom stereocenters. The zero-order valence-electron chi connectivity index (χ0n) is 16.4. The van der Waals surface area contributed by atoms with Gasteiger partial charge in [0.25, 0.3) is 5.56 Å². The predicted molar refractivity (Wildman–Crippen MR) is 112 cm³/mol. The summed E-state index contributed by atoms with van der Waals surface area (Å²) in [5, 5.41) is 0. The molecule has 150 valence electrons. The minimum atomic E-state index is -0.933. The Morgan fingerprint density at radius 2 is 1.70 bits per heavy atom. The predicted octanol–water partition coefficient (Wildman–Crippen LogP) is 3.87. The average molecular weight is 400 g/mol. The van der Waals surface area contributed by atoms with Gasteiger partial charge in [-0.1, -0.05) is 54.6 Å². The molecule has 4 aromatic rings. The number of hydrogen-bond acceptors (Lipinski definition) is 5. The van der Waals surface area contributed by atoms with Crippen molar-refractivity contribution < 1.29 is 14.3 Å². The number of fused-ring (bicyclic) bond motifs is 1. The van der Waals surface area contributed by atoms with Gasteiger partial charge in [-0.05, 0) is 30.7 Å². The number of carbonyl (C=O) groups excluding carboxylic acids is 1. The molecular formula is C24H20N2O4. The number of pyridine rings is 1. The van der Waals surface area contributed by atoms with E-state index in [-0.39, 0.29) is 12.2 Å². The Kier molecular flexibility index (Phi) is 5.57. The second-order valence-electron chi connectivity index (χ2n) is 6.85. The Labute approximate surface area is 173 Å². The SMILES string of the molecule is Cc1ccc2nc(COC(=O)C(Oc3ccccc3)c3ccccc3)cc(=O)n2c1. The zero-order valence-corrected chi connectivity index (χ0v) is 16.4. The highest BCUT2D eigenvalue weighted by Crippen LogP contribution is 2.23. The topological polar surface area (TPSA) is 69.9 Å². The third-order valence-electron chi connectivity index (χ3n) is 4.54. The highest BCUT2D eigenvalue weighted by atomic mass is 16.6. The first-order valence-corrected chi connectivity index (χ1v) is 9.52. The van der Waals surface area contributed by atoms with Gasteiger partial charge in [0.2, 0.25) is 6.10 Å². The fraction of sp³-hybridized carbons (Fsp3) is 0.125. The Bertz CT molecular complexity index is 1220. The first kappa shape index (κ1) is 19.4. The van der Waals surface area contributed by atoms with Crippen LogP contribution in [0.1, 0.15) is 22.9 Å². The molecule has 2 heterocycles. The van der Waals surface area contributed by atoms with Crippen molar-refractivity contribution in [2.45, 2.75) is 19.6 Å². The minimum Gasteiger partial charge on any atom is -0.474 e. The minimum absolute atomic E-state index is 0.125. The number of nitrogens with zero attached hydrogens (tertiary/aromatic N) is 2. The monoisotopic (exact) mass is 400 g/mol. The van der Waals surface area contributed by atoms with Crippen LogP contribution in [-0.2, 0) is 16.1 Å². The van der Waals surface area contributed by atoms with E-state index in [2.05, 4.69) is 4.98 Å². The van der Waals surface area contributed by atoms with Crippen molar-refractivity contribution in [3.63, 3.8) is 0 Å². The number of hydrogen-bond donors (Lipinski definition) is 0. The third kappa shape index (κ3) is 4.38. The van der Waals surface area contributed by atoms with Crippen LogP contribution >= 0.6 is 0 Å². The lowest BCUT2D eigenvalue weighted by molar-refractivity contribution is -0.153. The van der Waals surface area contributed by atoms with Gasteiger partial charge in [-0.2, -0.15) is 0 Å². The van der Waals surface area contributed by atoms with E-state index in [0.717, 1.165) is 5.56 Å². The van der Waals surface area contributed by atoms with Crippen molar-refractivity contribution in [2.24, 2.45) is 0 Å². The average Bonchev–Trinajstić information content (AvgIpc) is 2.77. The number of aryl methyl sites for hydroxylation is 1. The van der Waals surface area contributed by atoms with Crippen molar-refractivity contribution >= 4 is 11.6 Å². The van der Waals surface area contributed by atoms with Gasteiger partial charge in [0.15, 0.2) is 0 Å². The number of para-hydroxylation sites is 1. The van der Waals surface area contributed by atoms with E-state index in [0.29, 0.717) is 22.7 Å². The van der Waals surface area contributed by atoms with Gasteiger partial charge >= 0.3 is 5.97 Å². The summed E-state index contributed by atoms with van der Waals surface area (Å²) in [4.78, 5) is 29.6. The van der Waals surface area contributed by atoms with Gasteiger partial charge in [0, 0.05) is 17.8 Å². The molecule has 0 saturated heterocycles. The molecule has 0 N–H and O–H groups in total. The number of benzene rings is 2. The number of esters is 1. The van der Waals surface area contributed by atoms with Gasteiger partial charge in [-0.3, -0.25) is 9.20 Å². The highest BCUT2D eigenvalue weighted by molar-refractivity contribution is 5.77. The number of ether oxygens (including phenoxy) is 2. The molecule has 30 heavy (non-hydrogen) atoms. The molecule has 0 fully saturated rings. The Hall–Kier alpha value is -3.93. The second kappa shape index (κ2) is 8.61. The van der Waals surface area contributed by atoms with Gasteiger partial charge in [0.1, 0.15) is 18.0 Å². The normalized spacial score (nSPS) is 11.8. The van der Waals surface area contributed by atoms with E-state index in [9.17, 15) is 9.59 Å². The van der Waals surface area contributed by atoms with Crippen molar-refractivity contribution in [1.29, 1.82) is 0 Å². The molecule has 2 aromatic carbocycles. The Morgan fingerprint density at radius 3 is 2.43 bits per heavy atom. The standard InChI is InChI=1S/C24H20N2O4/c1-17-12-13-21-25-19(14-22(27)26(21)15-17)16-29-24(28)23(18-8-4-2-5-9-18)30-20-10-6-3-7-11-20/h2-15,23H,16H2,1H3. The van der Waals surface area contributed by atoms with Crippen molar-refractivity contribution in [2.75, 3.05) is 0 Å². The summed E-state index contributed by atoms with van der Waals surface area (Å²) >= 11 is 0. The molecule has 6 nitrogen and oxygen atoms in total. The van der Waals surface area contributed by atoms with Crippen LogP contribution in [0.25, 0.3) is 5.65 Å². The lowest BCUT2D eigenvalue weighted by Gasteiger charge is -2.18. The summed E-state index contributed by atoms with van der Waals surface area (Å²) < 4.78 is 12.8. The summed E-state index contributed by atoms with van der Waals surface area (Å²) in [7, 11) is 0. The van der Waals surface area contributed by atoms with E-state index in [1.807, 2.05) is 49.4 Å². The lowest BCUT2D eigenvalue weighted by Crippen LogP contribution is -2.22. The molecule has 0 radical (unpaired) electrons. The maximum Gasteiger partial charge on any atom is 0.352 e. The maximum absolute atomic E-state index is 12.9. The first-order chi connectivity index (χ1) is 14.6. The van der Waals surface area contributed by atoms with Crippen LogP contribution in [0, 0.1) is 6.92 Å². The quantitative estimate of drug-likeness (QED) is 0.460. The summed E-state index contributed by atoms with van der Waals surface area (Å²) in [5.74, 6) is -0.00305. The summed E-state index contributed by atoms with van der Waals surface area (Å²) in [6, 6.07) is 23.2. The molecule has 0 aliphatic heterocycles. The highest BCUT2D eigenvalue weighted by Gasteiger charge is 2.24. The van der Waals surface area contributed by atoms with Gasteiger partial charge in [-0.15, -0.1) is 0 Å². The molecule has 0 aliphatic rings. The van der Waals surface area contributed by atoms with Crippen LogP contribution in [0.3, 0.4) is 0 Å². The van der Waals surface area contributed by atoms with E-state index in [1.165, 1.54) is 10.5 Å². The molecule has 0 bridgehead atoms. The fourth-order valence-electron chi connectivity index (χ4n) is 3.07. The molecule has 4 rings (SSSR count). The molecule has 0 spiro atoms. The van der Waals surface area contributed by atoms with E-state index < -0.39 is 12.1 Å². The molecule has 0 amide bonds. The summed E-state index contributed by atoms with van der Waals surface area (Å²) in [6.45, 7) is 1.78. The van der Waals surface area contributed by atoms with Crippen LogP contribution in [0.5, 0.6) is 5.75 Å². The summed E-state index contributed by atoms with van der Waals surface area (Å²) in [6.07, 6.45) is 0.789. The second-order valence-corrected chi connectivity index (χ2v) is 6.85. The molecule has 0 saturated carbocycles. The fourth-order valence-corrected chi connectivity index (χ4v) is 3.07. The van der Waals surface area contributed by atoms with Crippen LogP contribution in [0.15, 0.2) is 89.9 Å². The largest absolute Gasteiger partial charge is 0.474 e. The summed E-state index contributed by atoms with van der Waals surface area (Å²) in [5.41, 5.74) is 2.28. The maximum atomic E-state index is 12.9. The van der Waals surface area contributed by atoms with Crippen molar-refractivity contribution in [3.05, 3.63) is 112 Å². The first-order valence-electron chi connectivity index (χ1n) is 9.52. The molecule has 2 aromatic heterocycles. The van der Waals surface area contributed by atoms with Crippen LogP contribution in [0.2, 0.25) is 0 Å². The lowest BCUT2D eigenvalue weighted by atomic mass is 10.1.